The van der Waals surface area contributed by atoms with Crippen LogP contribution in [-0.4, -0.2) is 64.5 Å². The van der Waals surface area contributed by atoms with E-state index in [1.807, 2.05) is 0 Å². The topological polar surface area (TPSA) is 90.0 Å². The van der Waals surface area contributed by atoms with Gasteiger partial charge in [0, 0.05) is 19.1 Å². The summed E-state index contributed by atoms with van der Waals surface area (Å²) in [5.74, 6) is -1.28. The molecular weight excluding hydrogens is 238 g/mol. The van der Waals surface area contributed by atoms with Gasteiger partial charge >= 0.3 is 12.0 Å². The van der Waals surface area contributed by atoms with Gasteiger partial charge in [-0.3, -0.25) is 9.59 Å². The number of urea groups is 1. The molecule has 0 aromatic rings. The van der Waals surface area contributed by atoms with Crippen LogP contribution < -0.4 is 5.32 Å². The smallest absolute Gasteiger partial charge is 0.323 e. The molecule has 0 radical (unpaired) electrons. The second-order valence-electron chi connectivity index (χ2n) is 4.56. The van der Waals surface area contributed by atoms with Gasteiger partial charge in [0.2, 0.25) is 5.91 Å². The van der Waals surface area contributed by atoms with Crippen molar-refractivity contribution in [3.05, 3.63) is 0 Å². The third kappa shape index (κ3) is 3.12. The Kier molecular flexibility index (Phi) is 4.52. The molecule has 1 atom stereocenters. The first-order valence-corrected chi connectivity index (χ1v) is 5.91. The van der Waals surface area contributed by atoms with E-state index in [1.165, 1.54) is 9.80 Å². The Balaban J connectivity index is 2.81. The Bertz CT molecular complexity index is 352. The van der Waals surface area contributed by atoms with Crippen molar-refractivity contribution in [1.82, 2.24) is 15.1 Å². The fraction of sp³-hybridized carbons (Fsp3) is 0.727. The summed E-state index contributed by atoms with van der Waals surface area (Å²) in [6.45, 7) is 5.56. The summed E-state index contributed by atoms with van der Waals surface area (Å²) in [4.78, 5) is 37.1. The lowest BCUT2D eigenvalue weighted by atomic mass is 10.2. The van der Waals surface area contributed by atoms with E-state index in [0.29, 0.717) is 13.1 Å². The van der Waals surface area contributed by atoms with Gasteiger partial charge in [0.1, 0.15) is 12.6 Å². The lowest BCUT2D eigenvalue weighted by Gasteiger charge is -2.37. The van der Waals surface area contributed by atoms with Crippen molar-refractivity contribution in [3.8, 4) is 0 Å². The fourth-order valence-corrected chi connectivity index (χ4v) is 1.83. The molecule has 3 amide bonds. The van der Waals surface area contributed by atoms with Gasteiger partial charge in [0.05, 0.1) is 0 Å². The molecule has 1 aliphatic heterocycles. The molecule has 1 fully saturated rings. The number of amides is 3. The molecule has 1 aliphatic rings. The van der Waals surface area contributed by atoms with Crippen LogP contribution in [0.1, 0.15) is 20.8 Å². The van der Waals surface area contributed by atoms with Gasteiger partial charge in [0.15, 0.2) is 0 Å². The maximum absolute atomic E-state index is 12.2. The summed E-state index contributed by atoms with van der Waals surface area (Å²) in [6.07, 6.45) is 0. The third-order valence-electron chi connectivity index (χ3n) is 2.92. The van der Waals surface area contributed by atoms with Crippen LogP contribution >= 0.6 is 0 Å². The van der Waals surface area contributed by atoms with E-state index in [4.69, 9.17) is 5.11 Å². The number of hydrogen-bond donors (Lipinski definition) is 2. The molecular formula is C11H19N3O4. The number of piperazine rings is 1. The minimum absolute atomic E-state index is 0.214. The van der Waals surface area contributed by atoms with E-state index in [-0.39, 0.29) is 18.5 Å². The van der Waals surface area contributed by atoms with Gasteiger partial charge in [-0.1, -0.05) is 0 Å². The summed E-state index contributed by atoms with van der Waals surface area (Å²) in [5.41, 5.74) is 0. The number of carbonyl (C=O) groups is 3. The maximum atomic E-state index is 12.2. The fourth-order valence-electron chi connectivity index (χ4n) is 1.83. The van der Waals surface area contributed by atoms with Crippen molar-refractivity contribution in [2.45, 2.75) is 32.9 Å². The zero-order valence-corrected chi connectivity index (χ0v) is 10.8. The van der Waals surface area contributed by atoms with E-state index >= 15 is 0 Å². The van der Waals surface area contributed by atoms with Crippen LogP contribution in [0.3, 0.4) is 0 Å². The zero-order chi connectivity index (χ0) is 13.9. The van der Waals surface area contributed by atoms with E-state index in [2.05, 4.69) is 5.32 Å². The normalized spacial score (nSPS) is 19.7. The highest BCUT2D eigenvalue weighted by Crippen LogP contribution is 2.10. The van der Waals surface area contributed by atoms with Crippen molar-refractivity contribution in [3.63, 3.8) is 0 Å². The van der Waals surface area contributed by atoms with E-state index in [9.17, 15) is 14.4 Å². The summed E-state index contributed by atoms with van der Waals surface area (Å²) in [6, 6.07) is -1.21. The second kappa shape index (κ2) is 5.70. The number of hydrogen-bond acceptors (Lipinski definition) is 3. The molecule has 1 heterocycles. The number of nitrogens with zero attached hydrogens (tertiary/aromatic N) is 2. The van der Waals surface area contributed by atoms with Crippen molar-refractivity contribution in [2.75, 3.05) is 19.6 Å². The zero-order valence-electron chi connectivity index (χ0n) is 10.8. The number of nitrogens with one attached hydrogen (secondary N) is 1. The van der Waals surface area contributed by atoms with Crippen molar-refractivity contribution < 1.29 is 19.5 Å². The molecule has 7 heteroatoms. The quantitative estimate of drug-likeness (QED) is 0.727. The number of aliphatic carboxylic acids is 1. The van der Waals surface area contributed by atoms with Gasteiger partial charge in [-0.25, -0.2) is 4.79 Å². The Morgan fingerprint density at radius 2 is 2.17 bits per heavy atom. The number of rotatable bonds is 3. The first-order chi connectivity index (χ1) is 8.34. The van der Waals surface area contributed by atoms with Gasteiger partial charge in [0.25, 0.3) is 0 Å². The van der Waals surface area contributed by atoms with Crippen LogP contribution in [0, 0.1) is 0 Å². The lowest BCUT2D eigenvalue weighted by molar-refractivity contribution is -0.138. The molecule has 0 aromatic carbocycles. The average molecular weight is 257 g/mol. The van der Waals surface area contributed by atoms with Crippen LogP contribution in [0.5, 0.6) is 0 Å². The van der Waals surface area contributed by atoms with Gasteiger partial charge in [-0.2, -0.15) is 0 Å². The molecule has 2 N–H and O–H groups in total. The first-order valence-electron chi connectivity index (χ1n) is 5.91. The van der Waals surface area contributed by atoms with Crippen molar-refractivity contribution in [1.29, 1.82) is 0 Å². The Labute approximate surface area is 106 Å². The van der Waals surface area contributed by atoms with Crippen molar-refractivity contribution in [2.24, 2.45) is 0 Å². The minimum Gasteiger partial charge on any atom is -0.480 e. The molecule has 0 bridgehead atoms. The summed E-state index contributed by atoms with van der Waals surface area (Å²) >= 11 is 0. The first kappa shape index (κ1) is 14.3. The highest BCUT2D eigenvalue weighted by molar-refractivity contribution is 5.89. The molecule has 18 heavy (non-hydrogen) atoms. The van der Waals surface area contributed by atoms with E-state index < -0.39 is 18.0 Å². The number of carboxylic acids is 1. The number of carbonyl (C=O) groups excluding carboxylic acids is 2. The minimum atomic E-state index is -1.06. The lowest BCUT2D eigenvalue weighted by Crippen LogP contribution is -2.60. The molecule has 102 valence electrons. The van der Waals surface area contributed by atoms with Crippen LogP contribution in [0.15, 0.2) is 0 Å². The summed E-state index contributed by atoms with van der Waals surface area (Å²) < 4.78 is 0. The van der Waals surface area contributed by atoms with Gasteiger partial charge in [-0.15, -0.1) is 0 Å². The summed E-state index contributed by atoms with van der Waals surface area (Å²) in [7, 11) is 0. The molecule has 1 saturated heterocycles. The Morgan fingerprint density at radius 1 is 1.56 bits per heavy atom. The van der Waals surface area contributed by atoms with Crippen LogP contribution in [0.4, 0.5) is 4.79 Å². The standard InChI is InChI=1S/C11H19N3O4/c1-7(2)14(6-9(15)16)11(18)13-5-4-12-10(17)8(13)3/h7-8H,4-6H2,1-3H3,(H,12,17)(H,15,16). The molecule has 0 spiro atoms. The van der Waals surface area contributed by atoms with Crippen molar-refractivity contribution >= 4 is 17.9 Å². The highest BCUT2D eigenvalue weighted by atomic mass is 16.4. The summed E-state index contributed by atoms with van der Waals surface area (Å²) in [5, 5.41) is 11.5. The maximum Gasteiger partial charge on any atom is 0.323 e. The SMILES string of the molecule is CC(C)N(CC(=O)O)C(=O)N1CCNC(=O)C1C. The predicted octanol–water partition coefficient (Wildman–Crippen LogP) is -0.278. The molecule has 1 unspecified atom stereocenters. The predicted molar refractivity (Wildman–Crippen MR) is 64.1 cm³/mol. The van der Waals surface area contributed by atoms with Crippen LogP contribution in [0.2, 0.25) is 0 Å². The molecule has 0 saturated carbocycles. The number of carboxylic acid groups (broad SMARTS) is 1. The third-order valence-corrected chi connectivity index (χ3v) is 2.92. The monoisotopic (exact) mass is 257 g/mol. The Morgan fingerprint density at radius 3 is 2.67 bits per heavy atom. The van der Waals surface area contributed by atoms with E-state index in [1.54, 1.807) is 20.8 Å². The van der Waals surface area contributed by atoms with Crippen LogP contribution in [-0.2, 0) is 9.59 Å². The second-order valence-corrected chi connectivity index (χ2v) is 4.56. The average Bonchev–Trinajstić information content (AvgIpc) is 2.28. The molecule has 1 rings (SSSR count). The highest BCUT2D eigenvalue weighted by Gasteiger charge is 2.33. The van der Waals surface area contributed by atoms with Crippen LogP contribution in [0.25, 0.3) is 0 Å². The molecule has 0 aromatic heterocycles. The molecule has 7 nitrogen and oxygen atoms in total. The van der Waals surface area contributed by atoms with Gasteiger partial charge < -0.3 is 20.2 Å². The molecule has 0 aliphatic carbocycles. The van der Waals surface area contributed by atoms with E-state index in [0.717, 1.165) is 0 Å². The van der Waals surface area contributed by atoms with Gasteiger partial charge in [-0.05, 0) is 20.8 Å². The Hall–Kier alpha value is -1.79. The largest absolute Gasteiger partial charge is 0.480 e.